The van der Waals surface area contributed by atoms with Crippen LogP contribution in [0.15, 0.2) is 36.5 Å². The van der Waals surface area contributed by atoms with Gasteiger partial charge in [0.1, 0.15) is 0 Å². The van der Waals surface area contributed by atoms with Crippen LogP contribution in [-0.2, 0) is 10.2 Å². The largest absolute Gasteiger partial charge is 0.346 e. The fourth-order valence-corrected chi connectivity index (χ4v) is 2.26. The lowest BCUT2D eigenvalue weighted by Crippen LogP contribution is -2.38. The van der Waals surface area contributed by atoms with E-state index in [1.165, 1.54) is 0 Å². The molecule has 1 heterocycles. The molecular weight excluding hydrogens is 304 g/mol. The van der Waals surface area contributed by atoms with Gasteiger partial charge in [0.15, 0.2) is 0 Å². The van der Waals surface area contributed by atoms with Crippen molar-refractivity contribution in [2.24, 2.45) is 0 Å². The topological polar surface area (TPSA) is 86.9 Å². The van der Waals surface area contributed by atoms with Crippen LogP contribution in [0.2, 0.25) is 0 Å². The first-order valence-corrected chi connectivity index (χ1v) is 7.95. The van der Waals surface area contributed by atoms with Gasteiger partial charge in [0.2, 0.25) is 5.91 Å². The molecule has 2 aromatic rings. The molecule has 0 aliphatic rings. The highest BCUT2D eigenvalue weighted by molar-refractivity contribution is 5.96. The van der Waals surface area contributed by atoms with Crippen LogP contribution >= 0.6 is 0 Å². The van der Waals surface area contributed by atoms with Crippen LogP contribution < -0.4 is 10.6 Å². The first-order valence-electron chi connectivity index (χ1n) is 7.95. The van der Waals surface area contributed by atoms with Gasteiger partial charge in [-0.15, -0.1) is 0 Å². The van der Waals surface area contributed by atoms with Gasteiger partial charge >= 0.3 is 0 Å². The Morgan fingerprint density at radius 1 is 1.17 bits per heavy atom. The number of aromatic amines is 1. The highest BCUT2D eigenvalue weighted by atomic mass is 16.2. The standard InChI is InChI=1S/C18H24N4O2/c1-12(15-9-10-20-22-15)21-16(23)11-19-17(24)13-5-7-14(8-6-13)18(2,3)4/h5-10,12H,11H2,1-4H3,(H,19,24)(H,20,22)(H,21,23)/t12-/m1/s1. The summed E-state index contributed by atoms with van der Waals surface area (Å²) < 4.78 is 0. The molecule has 2 amide bonds. The van der Waals surface area contributed by atoms with Crippen molar-refractivity contribution >= 4 is 11.8 Å². The molecule has 128 valence electrons. The maximum Gasteiger partial charge on any atom is 0.251 e. The third-order valence-corrected chi connectivity index (χ3v) is 3.79. The van der Waals surface area contributed by atoms with Crippen LogP contribution in [0, 0.1) is 0 Å². The molecule has 0 aliphatic carbocycles. The number of carbonyl (C=O) groups excluding carboxylic acids is 2. The Bertz CT molecular complexity index is 685. The number of carbonyl (C=O) groups is 2. The molecule has 1 aromatic heterocycles. The Morgan fingerprint density at radius 3 is 2.38 bits per heavy atom. The number of rotatable bonds is 5. The minimum atomic E-state index is -0.264. The summed E-state index contributed by atoms with van der Waals surface area (Å²) in [6.07, 6.45) is 1.63. The van der Waals surface area contributed by atoms with Crippen LogP contribution in [0.4, 0.5) is 0 Å². The average Bonchev–Trinajstić information content (AvgIpc) is 3.06. The minimum Gasteiger partial charge on any atom is -0.346 e. The predicted molar refractivity (Wildman–Crippen MR) is 92.6 cm³/mol. The molecule has 6 heteroatoms. The fraction of sp³-hybridized carbons (Fsp3) is 0.389. The molecule has 0 bridgehead atoms. The van der Waals surface area contributed by atoms with Gasteiger partial charge in [-0.1, -0.05) is 32.9 Å². The molecule has 1 aromatic carbocycles. The normalized spacial score (nSPS) is 12.5. The van der Waals surface area contributed by atoms with Crippen molar-refractivity contribution in [3.63, 3.8) is 0 Å². The van der Waals surface area contributed by atoms with E-state index in [4.69, 9.17) is 0 Å². The molecule has 6 nitrogen and oxygen atoms in total. The Kier molecular flexibility index (Phi) is 5.39. The second kappa shape index (κ2) is 7.29. The van der Waals surface area contributed by atoms with Crippen molar-refractivity contribution in [1.29, 1.82) is 0 Å². The van der Waals surface area contributed by atoms with Gasteiger partial charge in [-0.05, 0) is 36.1 Å². The quantitative estimate of drug-likeness (QED) is 0.787. The van der Waals surface area contributed by atoms with Crippen LogP contribution in [0.3, 0.4) is 0 Å². The van der Waals surface area contributed by atoms with Gasteiger partial charge in [0, 0.05) is 11.8 Å². The van der Waals surface area contributed by atoms with E-state index in [0.29, 0.717) is 5.56 Å². The van der Waals surface area contributed by atoms with Crippen molar-refractivity contribution in [2.45, 2.75) is 39.2 Å². The number of nitrogens with zero attached hydrogens (tertiary/aromatic N) is 1. The molecule has 3 N–H and O–H groups in total. The highest BCUT2D eigenvalue weighted by Gasteiger charge is 2.15. The van der Waals surface area contributed by atoms with Gasteiger partial charge in [0.25, 0.3) is 5.91 Å². The number of aromatic nitrogens is 2. The molecule has 1 atom stereocenters. The summed E-state index contributed by atoms with van der Waals surface area (Å²) in [5.41, 5.74) is 2.55. The molecule has 2 rings (SSSR count). The summed E-state index contributed by atoms with van der Waals surface area (Å²) in [4.78, 5) is 24.0. The third-order valence-electron chi connectivity index (χ3n) is 3.79. The Balaban J connectivity index is 1.85. The van der Waals surface area contributed by atoms with Gasteiger partial charge in [-0.2, -0.15) is 5.10 Å². The van der Waals surface area contributed by atoms with E-state index >= 15 is 0 Å². The summed E-state index contributed by atoms with van der Waals surface area (Å²) in [5, 5.41) is 12.1. The molecule has 0 fully saturated rings. The van der Waals surface area contributed by atoms with E-state index in [2.05, 4.69) is 41.6 Å². The van der Waals surface area contributed by atoms with Crippen molar-refractivity contribution in [3.05, 3.63) is 53.3 Å². The van der Waals surface area contributed by atoms with Crippen molar-refractivity contribution in [3.8, 4) is 0 Å². The number of nitrogens with one attached hydrogen (secondary N) is 3. The van der Waals surface area contributed by atoms with E-state index in [1.54, 1.807) is 24.4 Å². The molecule has 0 saturated heterocycles. The van der Waals surface area contributed by atoms with E-state index in [1.807, 2.05) is 19.1 Å². The summed E-state index contributed by atoms with van der Waals surface area (Å²) in [6.45, 7) is 8.13. The SMILES string of the molecule is C[C@@H](NC(=O)CNC(=O)c1ccc(C(C)(C)C)cc1)c1ccn[nH]1. The summed E-state index contributed by atoms with van der Waals surface area (Å²) in [6, 6.07) is 9.04. The Labute approximate surface area is 142 Å². The zero-order valence-electron chi connectivity index (χ0n) is 14.5. The summed E-state index contributed by atoms with van der Waals surface area (Å²) in [7, 11) is 0. The molecule has 0 unspecified atom stereocenters. The van der Waals surface area contributed by atoms with E-state index < -0.39 is 0 Å². The van der Waals surface area contributed by atoms with Gasteiger partial charge < -0.3 is 10.6 Å². The Hall–Kier alpha value is -2.63. The van der Waals surface area contributed by atoms with Crippen molar-refractivity contribution < 1.29 is 9.59 Å². The fourth-order valence-electron chi connectivity index (χ4n) is 2.26. The van der Waals surface area contributed by atoms with E-state index in [-0.39, 0.29) is 29.8 Å². The number of amides is 2. The van der Waals surface area contributed by atoms with Crippen LogP contribution in [0.1, 0.15) is 55.4 Å². The first kappa shape index (κ1) is 17.7. The number of hydrogen-bond donors (Lipinski definition) is 3. The highest BCUT2D eigenvalue weighted by Crippen LogP contribution is 2.22. The maximum absolute atomic E-state index is 12.1. The van der Waals surface area contributed by atoms with Gasteiger partial charge in [-0.3, -0.25) is 14.7 Å². The lowest BCUT2D eigenvalue weighted by Gasteiger charge is -2.19. The van der Waals surface area contributed by atoms with Crippen molar-refractivity contribution in [1.82, 2.24) is 20.8 Å². The monoisotopic (exact) mass is 328 g/mol. The molecule has 24 heavy (non-hydrogen) atoms. The zero-order valence-corrected chi connectivity index (χ0v) is 14.5. The van der Waals surface area contributed by atoms with E-state index in [9.17, 15) is 9.59 Å². The molecule has 0 aliphatic heterocycles. The molecule has 0 radical (unpaired) electrons. The second-order valence-corrected chi connectivity index (χ2v) is 6.81. The van der Waals surface area contributed by atoms with Crippen LogP contribution in [-0.4, -0.2) is 28.6 Å². The molecule has 0 saturated carbocycles. The number of benzene rings is 1. The lowest BCUT2D eigenvalue weighted by molar-refractivity contribution is -0.120. The third kappa shape index (κ3) is 4.68. The van der Waals surface area contributed by atoms with Crippen LogP contribution in [0.5, 0.6) is 0 Å². The number of hydrogen-bond acceptors (Lipinski definition) is 3. The van der Waals surface area contributed by atoms with E-state index in [0.717, 1.165) is 11.3 Å². The van der Waals surface area contributed by atoms with Crippen molar-refractivity contribution in [2.75, 3.05) is 6.54 Å². The summed E-state index contributed by atoms with van der Waals surface area (Å²) in [5.74, 6) is -0.517. The molecular formula is C18H24N4O2. The summed E-state index contributed by atoms with van der Waals surface area (Å²) >= 11 is 0. The predicted octanol–water partition coefficient (Wildman–Crippen LogP) is 2.31. The zero-order chi connectivity index (χ0) is 17.7. The van der Waals surface area contributed by atoms with Crippen LogP contribution in [0.25, 0.3) is 0 Å². The van der Waals surface area contributed by atoms with Gasteiger partial charge in [0.05, 0.1) is 18.3 Å². The first-order chi connectivity index (χ1) is 11.3. The second-order valence-electron chi connectivity index (χ2n) is 6.81. The number of H-pyrrole nitrogens is 1. The smallest absolute Gasteiger partial charge is 0.251 e. The molecule has 0 spiro atoms. The Morgan fingerprint density at radius 2 is 1.83 bits per heavy atom. The van der Waals surface area contributed by atoms with Gasteiger partial charge in [-0.25, -0.2) is 0 Å². The minimum absolute atomic E-state index is 0.0394. The lowest BCUT2D eigenvalue weighted by atomic mass is 9.87. The maximum atomic E-state index is 12.1. The average molecular weight is 328 g/mol.